The third-order valence-electron chi connectivity index (χ3n) is 5.72. The summed E-state index contributed by atoms with van der Waals surface area (Å²) in [5.41, 5.74) is 2.95. The highest BCUT2D eigenvalue weighted by atomic mass is 35.5. The topological polar surface area (TPSA) is 86.8 Å². The first-order valence-corrected chi connectivity index (χ1v) is 13.5. The van der Waals surface area contributed by atoms with E-state index >= 15 is 0 Å². The molecule has 186 valence electrons. The molecule has 0 aromatic heterocycles. The van der Waals surface area contributed by atoms with Gasteiger partial charge < -0.3 is 10.2 Å². The lowest BCUT2D eigenvalue weighted by atomic mass is 10.1. The second kappa shape index (κ2) is 12.2. The smallest absolute Gasteiger partial charge is 0.244 e. The minimum atomic E-state index is -3.79. The summed E-state index contributed by atoms with van der Waals surface area (Å²) in [5, 5.41) is 3.27. The number of sulfonamides is 1. The molecule has 2 aromatic rings. The third kappa shape index (κ3) is 7.46. The van der Waals surface area contributed by atoms with Gasteiger partial charge in [0.15, 0.2) is 0 Å². The lowest BCUT2D eigenvalue weighted by Crippen LogP contribution is -2.51. The molecular formula is C25H34ClN3O4S. The number of carbonyl (C=O) groups is 2. The van der Waals surface area contributed by atoms with Crippen molar-refractivity contribution in [2.45, 2.75) is 53.1 Å². The number of hydrogen-bond donors (Lipinski definition) is 1. The van der Waals surface area contributed by atoms with Crippen molar-refractivity contribution in [3.63, 3.8) is 0 Å². The van der Waals surface area contributed by atoms with Gasteiger partial charge in [0.2, 0.25) is 21.8 Å². The molecule has 0 spiro atoms. The molecule has 0 fully saturated rings. The number of rotatable bonds is 11. The van der Waals surface area contributed by atoms with Crippen LogP contribution in [0.15, 0.2) is 42.5 Å². The summed E-state index contributed by atoms with van der Waals surface area (Å²) in [4.78, 5) is 27.8. The molecule has 1 unspecified atom stereocenters. The van der Waals surface area contributed by atoms with Crippen LogP contribution in [-0.4, -0.2) is 50.5 Å². The zero-order chi connectivity index (χ0) is 25.5. The molecule has 1 N–H and O–H groups in total. The maximum atomic E-state index is 13.5. The van der Waals surface area contributed by atoms with E-state index in [9.17, 15) is 18.0 Å². The van der Waals surface area contributed by atoms with Gasteiger partial charge in [0, 0.05) is 18.1 Å². The Morgan fingerprint density at radius 2 is 1.76 bits per heavy atom. The Bertz CT molecular complexity index is 1120. The zero-order valence-electron chi connectivity index (χ0n) is 20.5. The molecule has 2 aromatic carbocycles. The predicted octanol–water partition coefficient (Wildman–Crippen LogP) is 4.06. The molecule has 0 aliphatic rings. The molecule has 9 heteroatoms. The fraction of sp³-hybridized carbons (Fsp3) is 0.440. The van der Waals surface area contributed by atoms with Crippen LogP contribution in [-0.2, 0) is 26.2 Å². The van der Waals surface area contributed by atoms with E-state index in [0.717, 1.165) is 40.1 Å². The minimum Gasteiger partial charge on any atom is -0.354 e. The molecular weight excluding hydrogens is 474 g/mol. The Hall–Kier alpha value is -2.58. The Labute approximate surface area is 208 Å². The number of aryl methyl sites for hydroxylation is 2. The van der Waals surface area contributed by atoms with Gasteiger partial charge in [-0.15, -0.1) is 0 Å². The van der Waals surface area contributed by atoms with E-state index in [2.05, 4.69) is 5.32 Å². The van der Waals surface area contributed by atoms with E-state index in [1.165, 1.54) is 11.0 Å². The minimum absolute atomic E-state index is 0.181. The van der Waals surface area contributed by atoms with Gasteiger partial charge in [-0.1, -0.05) is 55.3 Å². The van der Waals surface area contributed by atoms with Crippen LogP contribution >= 0.6 is 11.6 Å². The summed E-state index contributed by atoms with van der Waals surface area (Å²) in [5.74, 6) is -0.761. The number of anilines is 1. The highest BCUT2D eigenvalue weighted by Crippen LogP contribution is 2.25. The second-order valence-corrected chi connectivity index (χ2v) is 10.8. The summed E-state index contributed by atoms with van der Waals surface area (Å²) in [6, 6.07) is 11.7. The molecule has 7 nitrogen and oxygen atoms in total. The summed E-state index contributed by atoms with van der Waals surface area (Å²) in [6.07, 6.45) is 2.81. The van der Waals surface area contributed by atoms with E-state index in [-0.39, 0.29) is 12.5 Å². The van der Waals surface area contributed by atoms with Crippen LogP contribution in [0, 0.1) is 13.8 Å². The molecule has 0 heterocycles. The van der Waals surface area contributed by atoms with Crippen molar-refractivity contribution in [1.82, 2.24) is 10.2 Å². The van der Waals surface area contributed by atoms with Crippen molar-refractivity contribution >= 4 is 39.1 Å². The number of carbonyl (C=O) groups excluding carboxylic acids is 2. The first-order chi connectivity index (χ1) is 16.0. The maximum absolute atomic E-state index is 13.5. The lowest BCUT2D eigenvalue weighted by Gasteiger charge is -2.32. The number of benzene rings is 2. The summed E-state index contributed by atoms with van der Waals surface area (Å²) < 4.78 is 26.2. The van der Waals surface area contributed by atoms with Gasteiger partial charge in [-0.25, -0.2) is 8.42 Å². The van der Waals surface area contributed by atoms with Crippen LogP contribution < -0.4 is 9.62 Å². The van der Waals surface area contributed by atoms with E-state index in [0.29, 0.717) is 17.3 Å². The molecule has 2 rings (SSSR count). The highest BCUT2D eigenvalue weighted by molar-refractivity contribution is 7.92. The lowest BCUT2D eigenvalue weighted by molar-refractivity contribution is -0.139. The van der Waals surface area contributed by atoms with Crippen molar-refractivity contribution in [3.05, 3.63) is 64.2 Å². The number of unbranched alkanes of at least 4 members (excludes halogenated alkanes) is 1. The van der Waals surface area contributed by atoms with E-state index in [1.807, 2.05) is 45.0 Å². The molecule has 0 bridgehead atoms. The Morgan fingerprint density at radius 1 is 1.09 bits per heavy atom. The third-order valence-corrected chi connectivity index (χ3v) is 7.27. The molecule has 34 heavy (non-hydrogen) atoms. The summed E-state index contributed by atoms with van der Waals surface area (Å²) in [7, 11) is -3.79. The number of amides is 2. The number of halogens is 1. The van der Waals surface area contributed by atoms with Crippen LogP contribution in [0.25, 0.3) is 0 Å². The van der Waals surface area contributed by atoms with Gasteiger partial charge in [-0.3, -0.25) is 13.9 Å². The Balaban J connectivity index is 2.38. The van der Waals surface area contributed by atoms with Crippen LogP contribution in [0.1, 0.15) is 43.4 Å². The normalized spacial score (nSPS) is 12.2. The monoisotopic (exact) mass is 507 g/mol. The number of hydrogen-bond acceptors (Lipinski definition) is 4. The zero-order valence-corrected chi connectivity index (χ0v) is 22.0. The SMILES string of the molecule is CCCCNC(=O)C(C)N(Cc1ccccc1C)C(=O)CN(c1ccc(C)c(Cl)c1)S(C)(=O)=O. The fourth-order valence-electron chi connectivity index (χ4n) is 3.44. The first kappa shape index (κ1) is 27.7. The van der Waals surface area contributed by atoms with Gasteiger partial charge in [-0.2, -0.15) is 0 Å². The number of nitrogens with zero attached hydrogens (tertiary/aromatic N) is 2. The molecule has 0 saturated carbocycles. The first-order valence-electron chi connectivity index (χ1n) is 11.3. The Kier molecular flexibility index (Phi) is 9.94. The van der Waals surface area contributed by atoms with Gasteiger partial charge in [0.25, 0.3) is 0 Å². The van der Waals surface area contributed by atoms with Crippen LogP contribution in [0.5, 0.6) is 0 Å². The fourth-order valence-corrected chi connectivity index (χ4v) is 4.46. The summed E-state index contributed by atoms with van der Waals surface area (Å²) >= 11 is 6.21. The van der Waals surface area contributed by atoms with Gasteiger partial charge in [0.05, 0.1) is 11.9 Å². The molecule has 1 atom stereocenters. The average molecular weight is 508 g/mol. The predicted molar refractivity (Wildman–Crippen MR) is 137 cm³/mol. The standard InChI is InChI=1S/C25H34ClN3O4S/c1-6-7-14-27-25(31)20(4)28(16-21-11-9-8-10-18(21)2)24(30)17-29(34(5,32)33)22-13-12-19(3)23(26)15-22/h8-13,15,20H,6-7,14,16-17H2,1-5H3,(H,27,31). The van der Waals surface area contributed by atoms with Crippen molar-refractivity contribution in [3.8, 4) is 0 Å². The average Bonchev–Trinajstić information content (AvgIpc) is 2.77. The highest BCUT2D eigenvalue weighted by Gasteiger charge is 2.30. The van der Waals surface area contributed by atoms with Crippen molar-refractivity contribution in [2.24, 2.45) is 0 Å². The van der Waals surface area contributed by atoms with Crippen molar-refractivity contribution < 1.29 is 18.0 Å². The van der Waals surface area contributed by atoms with E-state index in [1.54, 1.807) is 19.1 Å². The van der Waals surface area contributed by atoms with E-state index in [4.69, 9.17) is 11.6 Å². The molecule has 0 radical (unpaired) electrons. The van der Waals surface area contributed by atoms with Crippen LogP contribution in [0.2, 0.25) is 5.02 Å². The summed E-state index contributed by atoms with van der Waals surface area (Å²) in [6.45, 7) is 7.68. The van der Waals surface area contributed by atoms with Crippen molar-refractivity contribution in [1.29, 1.82) is 0 Å². The molecule has 0 aliphatic carbocycles. The van der Waals surface area contributed by atoms with Gasteiger partial charge >= 0.3 is 0 Å². The van der Waals surface area contributed by atoms with Crippen LogP contribution in [0.4, 0.5) is 5.69 Å². The van der Waals surface area contributed by atoms with Gasteiger partial charge in [-0.05, 0) is 56.0 Å². The number of nitrogens with one attached hydrogen (secondary N) is 1. The van der Waals surface area contributed by atoms with E-state index < -0.39 is 28.5 Å². The quantitative estimate of drug-likeness (QED) is 0.465. The van der Waals surface area contributed by atoms with Crippen molar-refractivity contribution in [2.75, 3.05) is 23.7 Å². The molecule has 0 saturated heterocycles. The van der Waals surface area contributed by atoms with Gasteiger partial charge in [0.1, 0.15) is 12.6 Å². The molecule has 0 aliphatic heterocycles. The van der Waals surface area contributed by atoms with Crippen LogP contribution in [0.3, 0.4) is 0 Å². The Morgan fingerprint density at radius 3 is 2.35 bits per heavy atom. The second-order valence-electron chi connectivity index (χ2n) is 8.47. The molecule has 2 amide bonds. The largest absolute Gasteiger partial charge is 0.354 e. The maximum Gasteiger partial charge on any atom is 0.244 e.